The van der Waals surface area contributed by atoms with Gasteiger partial charge in [0.2, 0.25) is 0 Å². The molecule has 5 heteroatoms. The van der Waals surface area contributed by atoms with Gasteiger partial charge in [0.1, 0.15) is 5.82 Å². The molecule has 0 saturated heterocycles. The number of rotatable bonds is 6. The van der Waals surface area contributed by atoms with Crippen LogP contribution in [-0.2, 0) is 0 Å². The van der Waals surface area contributed by atoms with Gasteiger partial charge in [-0.15, -0.1) is 0 Å². The zero-order chi connectivity index (χ0) is 13.8. The molecule has 0 unspecified atom stereocenters. The highest BCUT2D eigenvalue weighted by atomic mass is 15.1. The van der Waals surface area contributed by atoms with E-state index in [1.54, 1.807) is 6.20 Å². The van der Waals surface area contributed by atoms with Crippen LogP contribution in [0.2, 0.25) is 0 Å². The Morgan fingerprint density at radius 2 is 2.20 bits per heavy atom. The minimum Gasteiger partial charge on any atom is -0.372 e. The summed E-state index contributed by atoms with van der Waals surface area (Å²) in [6, 6.07) is 0. The topological polar surface area (TPSA) is 54.2 Å². The third kappa shape index (κ3) is 2.86. The van der Waals surface area contributed by atoms with Gasteiger partial charge in [0.15, 0.2) is 11.5 Å². The van der Waals surface area contributed by atoms with Crippen molar-refractivity contribution < 1.29 is 0 Å². The lowest BCUT2D eigenvalue weighted by molar-refractivity contribution is 0.491. The molecule has 3 rings (SSSR count). The van der Waals surface area contributed by atoms with Gasteiger partial charge in [-0.25, -0.2) is 9.97 Å². The first-order valence-corrected chi connectivity index (χ1v) is 7.62. The molecule has 1 aliphatic rings. The molecule has 0 amide bonds. The average Bonchev–Trinajstić information content (AvgIpc) is 3.13. The van der Waals surface area contributed by atoms with Crippen LogP contribution in [0.15, 0.2) is 18.6 Å². The highest BCUT2D eigenvalue weighted by Gasteiger charge is 2.14. The average molecular weight is 273 g/mol. The molecule has 5 nitrogen and oxygen atoms in total. The van der Waals surface area contributed by atoms with E-state index in [0.717, 1.165) is 29.7 Å². The van der Waals surface area contributed by atoms with E-state index in [1.807, 2.05) is 23.8 Å². The van der Waals surface area contributed by atoms with E-state index in [1.165, 1.54) is 38.5 Å². The quantitative estimate of drug-likeness (QED) is 0.794. The third-order valence-electron chi connectivity index (χ3n) is 4.19. The predicted molar refractivity (Wildman–Crippen MR) is 82.2 cm³/mol. The van der Waals surface area contributed by atoms with Crippen molar-refractivity contribution in [2.45, 2.75) is 38.5 Å². The van der Waals surface area contributed by atoms with Crippen molar-refractivity contribution in [3.05, 3.63) is 18.6 Å². The molecule has 1 saturated carbocycles. The van der Waals surface area contributed by atoms with E-state index in [0.29, 0.717) is 0 Å². The lowest BCUT2D eigenvalue weighted by atomic mass is 10.0. The molecule has 0 aliphatic heterocycles. The Labute approximate surface area is 119 Å². The molecular formula is C15H23N5. The van der Waals surface area contributed by atoms with Gasteiger partial charge in [0.25, 0.3) is 0 Å². The summed E-state index contributed by atoms with van der Waals surface area (Å²) in [7, 11) is 1.88. The summed E-state index contributed by atoms with van der Waals surface area (Å²) in [5.41, 5.74) is 0.893. The van der Waals surface area contributed by atoms with Crippen LogP contribution in [-0.4, -0.2) is 28.0 Å². The minimum absolute atomic E-state index is 0.855. The summed E-state index contributed by atoms with van der Waals surface area (Å²) in [4.78, 5) is 8.92. The van der Waals surface area contributed by atoms with Crippen molar-refractivity contribution in [3.63, 3.8) is 0 Å². The number of fused-ring (bicyclic) bond motifs is 1. The fourth-order valence-corrected chi connectivity index (χ4v) is 3.07. The van der Waals surface area contributed by atoms with Gasteiger partial charge in [-0.1, -0.05) is 25.7 Å². The lowest BCUT2D eigenvalue weighted by Gasteiger charge is -2.11. The predicted octanol–water partition coefficient (Wildman–Crippen LogP) is 3.15. The van der Waals surface area contributed by atoms with Crippen LogP contribution in [0.4, 0.5) is 11.6 Å². The van der Waals surface area contributed by atoms with Crippen LogP contribution in [0.1, 0.15) is 38.5 Å². The molecule has 2 heterocycles. The summed E-state index contributed by atoms with van der Waals surface area (Å²) in [6.45, 7) is 0.971. The van der Waals surface area contributed by atoms with Crippen LogP contribution in [0, 0.1) is 5.92 Å². The van der Waals surface area contributed by atoms with Crippen molar-refractivity contribution >= 4 is 17.3 Å². The summed E-state index contributed by atoms with van der Waals surface area (Å²) >= 11 is 0. The highest BCUT2D eigenvalue weighted by Crippen LogP contribution is 2.28. The smallest absolute Gasteiger partial charge is 0.180 e. The van der Waals surface area contributed by atoms with E-state index in [9.17, 15) is 0 Å². The van der Waals surface area contributed by atoms with Gasteiger partial charge < -0.3 is 15.0 Å². The number of aromatic nitrogens is 3. The Morgan fingerprint density at radius 1 is 1.35 bits per heavy atom. The second-order valence-corrected chi connectivity index (χ2v) is 5.60. The van der Waals surface area contributed by atoms with Crippen LogP contribution in [0.5, 0.6) is 0 Å². The Bertz CT molecular complexity index is 556. The van der Waals surface area contributed by atoms with Crippen LogP contribution < -0.4 is 10.6 Å². The van der Waals surface area contributed by atoms with Crippen molar-refractivity contribution in [1.82, 2.24) is 14.4 Å². The van der Waals surface area contributed by atoms with Gasteiger partial charge in [0, 0.05) is 26.0 Å². The zero-order valence-corrected chi connectivity index (χ0v) is 12.1. The molecule has 2 aromatic heterocycles. The molecule has 0 bridgehead atoms. The fraction of sp³-hybridized carbons (Fsp3) is 0.600. The monoisotopic (exact) mass is 273 g/mol. The Hall–Kier alpha value is -1.78. The molecule has 2 aromatic rings. The maximum absolute atomic E-state index is 4.56. The minimum atomic E-state index is 0.855. The molecule has 0 atom stereocenters. The number of hydrogen-bond donors (Lipinski definition) is 2. The van der Waals surface area contributed by atoms with Gasteiger partial charge in [-0.05, 0) is 18.8 Å². The second kappa shape index (κ2) is 6.11. The van der Waals surface area contributed by atoms with Crippen molar-refractivity contribution in [2.75, 3.05) is 24.2 Å². The molecule has 0 spiro atoms. The number of anilines is 2. The number of nitrogens with zero attached hydrogens (tertiary/aromatic N) is 3. The summed E-state index contributed by atoms with van der Waals surface area (Å²) in [6.07, 6.45) is 14.0. The second-order valence-electron chi connectivity index (χ2n) is 5.60. The first-order chi connectivity index (χ1) is 9.86. The molecule has 20 heavy (non-hydrogen) atoms. The molecule has 108 valence electrons. The van der Waals surface area contributed by atoms with Crippen molar-refractivity contribution in [1.29, 1.82) is 0 Å². The van der Waals surface area contributed by atoms with Crippen LogP contribution >= 0.6 is 0 Å². The Morgan fingerprint density at radius 3 is 3.00 bits per heavy atom. The first kappa shape index (κ1) is 13.2. The van der Waals surface area contributed by atoms with Crippen molar-refractivity contribution in [3.8, 4) is 0 Å². The van der Waals surface area contributed by atoms with Gasteiger partial charge >= 0.3 is 0 Å². The summed E-state index contributed by atoms with van der Waals surface area (Å²) < 4.78 is 2.00. The zero-order valence-electron chi connectivity index (χ0n) is 12.1. The standard InChI is InChI=1S/C15H23N5/c1-16-13-11-20-10-9-18-15(20)14(19-13)17-8-4-7-12-5-2-3-6-12/h9-12,16H,2-8H2,1H3,(H,17,19). The summed E-state index contributed by atoms with van der Waals surface area (Å²) in [5, 5.41) is 6.52. The molecule has 0 radical (unpaired) electrons. The van der Waals surface area contributed by atoms with E-state index in [4.69, 9.17) is 0 Å². The van der Waals surface area contributed by atoms with E-state index in [-0.39, 0.29) is 0 Å². The number of nitrogens with one attached hydrogen (secondary N) is 2. The normalized spacial score (nSPS) is 15.8. The number of hydrogen-bond acceptors (Lipinski definition) is 4. The Balaban J connectivity index is 1.59. The van der Waals surface area contributed by atoms with Crippen LogP contribution in [0.25, 0.3) is 5.65 Å². The maximum atomic E-state index is 4.56. The van der Waals surface area contributed by atoms with Gasteiger partial charge in [-0.2, -0.15) is 0 Å². The molecule has 1 fully saturated rings. The molecular weight excluding hydrogens is 250 g/mol. The first-order valence-electron chi connectivity index (χ1n) is 7.62. The van der Waals surface area contributed by atoms with Gasteiger partial charge in [-0.3, -0.25) is 0 Å². The van der Waals surface area contributed by atoms with Crippen molar-refractivity contribution in [2.24, 2.45) is 5.92 Å². The summed E-state index contributed by atoms with van der Waals surface area (Å²) in [5.74, 6) is 2.68. The van der Waals surface area contributed by atoms with Gasteiger partial charge in [0.05, 0.1) is 6.20 Å². The van der Waals surface area contributed by atoms with E-state index in [2.05, 4.69) is 20.6 Å². The third-order valence-corrected chi connectivity index (χ3v) is 4.19. The largest absolute Gasteiger partial charge is 0.372 e. The fourth-order valence-electron chi connectivity index (χ4n) is 3.07. The lowest BCUT2D eigenvalue weighted by Crippen LogP contribution is -2.08. The molecule has 2 N–H and O–H groups in total. The SMILES string of the molecule is CNc1cn2ccnc2c(NCCCC2CCCC2)n1. The highest BCUT2D eigenvalue weighted by molar-refractivity contribution is 5.65. The van der Waals surface area contributed by atoms with E-state index < -0.39 is 0 Å². The molecule has 0 aromatic carbocycles. The Kier molecular flexibility index (Phi) is 4.04. The van der Waals surface area contributed by atoms with Crippen LogP contribution in [0.3, 0.4) is 0 Å². The van der Waals surface area contributed by atoms with E-state index >= 15 is 0 Å². The molecule has 1 aliphatic carbocycles. The number of imidazole rings is 1. The maximum Gasteiger partial charge on any atom is 0.180 e.